The van der Waals surface area contributed by atoms with Crippen LogP contribution in [0.25, 0.3) is 0 Å². The van der Waals surface area contributed by atoms with Gasteiger partial charge in [0.05, 0.1) is 19.3 Å². The Labute approximate surface area is 108 Å². The highest BCUT2D eigenvalue weighted by Crippen LogP contribution is 2.19. The molecule has 0 radical (unpaired) electrons. The smallest absolute Gasteiger partial charge is 0.0917 e. The van der Waals surface area contributed by atoms with Crippen molar-refractivity contribution >= 4 is 5.69 Å². The number of nitrogens with zero attached hydrogens (tertiary/aromatic N) is 1. The van der Waals surface area contributed by atoms with E-state index in [1.54, 1.807) is 0 Å². The van der Waals surface area contributed by atoms with Gasteiger partial charge in [-0.25, -0.2) is 0 Å². The molecule has 4 nitrogen and oxygen atoms in total. The molecule has 0 spiro atoms. The number of nitrogens with two attached hydrogens (primary N) is 1. The molecule has 1 aliphatic heterocycles. The molecular weight excluding hydrogens is 228 g/mol. The molecule has 0 aromatic heterocycles. The van der Waals surface area contributed by atoms with Crippen molar-refractivity contribution in [2.24, 2.45) is 0 Å². The molecule has 1 aromatic rings. The summed E-state index contributed by atoms with van der Waals surface area (Å²) in [5.74, 6) is 0. The van der Waals surface area contributed by atoms with E-state index in [4.69, 9.17) is 10.5 Å². The van der Waals surface area contributed by atoms with Crippen molar-refractivity contribution in [3.05, 3.63) is 29.8 Å². The molecule has 1 heterocycles. The molecule has 0 amide bonds. The highest BCUT2D eigenvalue weighted by Gasteiger charge is 2.23. The Morgan fingerprint density at radius 3 is 2.83 bits per heavy atom. The highest BCUT2D eigenvalue weighted by atomic mass is 16.5. The number of aliphatic hydroxyl groups excluding tert-OH is 1. The molecule has 1 aliphatic rings. The van der Waals surface area contributed by atoms with Gasteiger partial charge in [0.25, 0.3) is 0 Å². The van der Waals surface area contributed by atoms with Gasteiger partial charge in [-0.15, -0.1) is 0 Å². The van der Waals surface area contributed by atoms with Crippen LogP contribution in [0.5, 0.6) is 0 Å². The molecule has 3 N–H and O–H groups in total. The molecule has 100 valence electrons. The SMILES string of the molecule is CCC1COCCN1CC(O)c1ccc(N)cc1. The van der Waals surface area contributed by atoms with Crippen LogP contribution in [0.15, 0.2) is 24.3 Å². The second kappa shape index (κ2) is 6.18. The zero-order valence-corrected chi connectivity index (χ0v) is 10.9. The quantitative estimate of drug-likeness (QED) is 0.793. The first kappa shape index (κ1) is 13.3. The molecule has 4 heteroatoms. The maximum Gasteiger partial charge on any atom is 0.0917 e. The lowest BCUT2D eigenvalue weighted by Crippen LogP contribution is -2.46. The van der Waals surface area contributed by atoms with Crippen LogP contribution in [0, 0.1) is 0 Å². The van der Waals surface area contributed by atoms with Gasteiger partial charge < -0.3 is 15.6 Å². The Morgan fingerprint density at radius 1 is 1.44 bits per heavy atom. The van der Waals surface area contributed by atoms with Crippen molar-refractivity contribution < 1.29 is 9.84 Å². The molecule has 0 saturated carbocycles. The van der Waals surface area contributed by atoms with Crippen molar-refractivity contribution in [1.82, 2.24) is 4.90 Å². The Hall–Kier alpha value is -1.10. The highest BCUT2D eigenvalue weighted by molar-refractivity contribution is 5.39. The van der Waals surface area contributed by atoms with Crippen LogP contribution in [-0.4, -0.2) is 42.4 Å². The first-order valence-electron chi connectivity index (χ1n) is 6.56. The maximum absolute atomic E-state index is 10.3. The van der Waals surface area contributed by atoms with E-state index in [0.29, 0.717) is 12.6 Å². The number of aliphatic hydroxyl groups is 1. The van der Waals surface area contributed by atoms with Crippen LogP contribution in [0.1, 0.15) is 25.0 Å². The van der Waals surface area contributed by atoms with Gasteiger partial charge in [0.15, 0.2) is 0 Å². The van der Waals surface area contributed by atoms with Crippen LogP contribution in [0.4, 0.5) is 5.69 Å². The molecule has 18 heavy (non-hydrogen) atoms. The minimum absolute atomic E-state index is 0.419. The number of hydrogen-bond acceptors (Lipinski definition) is 4. The number of anilines is 1. The summed E-state index contributed by atoms with van der Waals surface area (Å²) < 4.78 is 5.47. The van der Waals surface area contributed by atoms with Crippen LogP contribution < -0.4 is 5.73 Å². The number of morpholine rings is 1. The molecule has 1 fully saturated rings. The van der Waals surface area contributed by atoms with Crippen LogP contribution in [-0.2, 0) is 4.74 Å². The Kier molecular flexibility index (Phi) is 4.58. The fraction of sp³-hybridized carbons (Fsp3) is 0.571. The average molecular weight is 250 g/mol. The number of rotatable bonds is 4. The van der Waals surface area contributed by atoms with Gasteiger partial charge >= 0.3 is 0 Å². The normalized spacial score (nSPS) is 22.9. The summed E-state index contributed by atoms with van der Waals surface area (Å²) in [4.78, 5) is 2.31. The van der Waals surface area contributed by atoms with Crippen molar-refractivity contribution in [1.29, 1.82) is 0 Å². The summed E-state index contributed by atoms with van der Waals surface area (Å²) in [6, 6.07) is 7.86. The zero-order chi connectivity index (χ0) is 13.0. The third-order valence-electron chi connectivity index (χ3n) is 3.55. The monoisotopic (exact) mass is 250 g/mol. The summed E-state index contributed by atoms with van der Waals surface area (Å²) in [5.41, 5.74) is 7.29. The molecule has 2 atom stereocenters. The van der Waals surface area contributed by atoms with Gasteiger partial charge in [-0.05, 0) is 24.1 Å². The van der Waals surface area contributed by atoms with E-state index in [9.17, 15) is 5.11 Å². The van der Waals surface area contributed by atoms with Crippen molar-refractivity contribution in [2.75, 3.05) is 32.0 Å². The summed E-state index contributed by atoms with van der Waals surface area (Å²) in [6.45, 7) is 5.23. The maximum atomic E-state index is 10.3. The van der Waals surface area contributed by atoms with E-state index in [-0.39, 0.29) is 0 Å². The van der Waals surface area contributed by atoms with E-state index < -0.39 is 6.10 Å². The van der Waals surface area contributed by atoms with Gasteiger partial charge in [0.2, 0.25) is 0 Å². The number of benzene rings is 1. The predicted octanol–water partition coefficient (Wildman–Crippen LogP) is 1.41. The van der Waals surface area contributed by atoms with Crippen LogP contribution in [0.3, 0.4) is 0 Å². The van der Waals surface area contributed by atoms with Gasteiger partial charge in [0.1, 0.15) is 0 Å². The molecule has 2 rings (SSSR count). The largest absolute Gasteiger partial charge is 0.399 e. The van der Waals surface area contributed by atoms with Gasteiger partial charge in [-0.2, -0.15) is 0 Å². The number of β-amino-alcohol motifs (C(OH)–C–C–N with tert-alkyl or cyclic N) is 1. The first-order chi connectivity index (χ1) is 8.70. The molecule has 1 aromatic carbocycles. The molecule has 0 aliphatic carbocycles. The van der Waals surface area contributed by atoms with E-state index in [0.717, 1.165) is 37.4 Å². The standard InChI is InChI=1S/C14H22N2O2/c1-2-13-10-18-8-7-16(13)9-14(17)11-3-5-12(15)6-4-11/h3-6,13-14,17H,2,7-10,15H2,1H3. The summed E-state index contributed by atoms with van der Waals surface area (Å²) >= 11 is 0. The van der Waals surface area contributed by atoms with E-state index in [2.05, 4.69) is 11.8 Å². The zero-order valence-electron chi connectivity index (χ0n) is 10.9. The van der Waals surface area contributed by atoms with Crippen molar-refractivity contribution in [2.45, 2.75) is 25.5 Å². The van der Waals surface area contributed by atoms with E-state index in [1.807, 2.05) is 24.3 Å². The molecular formula is C14H22N2O2. The third kappa shape index (κ3) is 3.22. The molecule has 0 bridgehead atoms. The third-order valence-corrected chi connectivity index (χ3v) is 3.55. The van der Waals surface area contributed by atoms with Crippen LogP contribution in [0.2, 0.25) is 0 Å². The fourth-order valence-corrected chi connectivity index (χ4v) is 2.35. The average Bonchev–Trinajstić information content (AvgIpc) is 2.40. The first-order valence-corrected chi connectivity index (χ1v) is 6.56. The summed E-state index contributed by atoms with van der Waals surface area (Å²) in [5, 5.41) is 10.3. The number of nitrogen functional groups attached to an aromatic ring is 1. The number of hydrogen-bond donors (Lipinski definition) is 2. The van der Waals surface area contributed by atoms with E-state index in [1.165, 1.54) is 0 Å². The van der Waals surface area contributed by atoms with Gasteiger partial charge in [-0.1, -0.05) is 19.1 Å². The lowest BCUT2D eigenvalue weighted by Gasteiger charge is -2.36. The number of ether oxygens (including phenoxy) is 1. The Bertz CT molecular complexity index is 367. The summed E-state index contributed by atoms with van der Waals surface area (Å²) in [7, 11) is 0. The minimum atomic E-state index is -0.460. The summed E-state index contributed by atoms with van der Waals surface area (Å²) in [6.07, 6.45) is 0.590. The van der Waals surface area contributed by atoms with Gasteiger partial charge in [-0.3, -0.25) is 4.90 Å². The van der Waals surface area contributed by atoms with Crippen LogP contribution >= 0.6 is 0 Å². The Balaban J connectivity index is 1.97. The molecule has 2 unspecified atom stereocenters. The predicted molar refractivity (Wildman–Crippen MR) is 72.3 cm³/mol. The lowest BCUT2D eigenvalue weighted by atomic mass is 10.1. The molecule has 1 saturated heterocycles. The second-order valence-corrected chi connectivity index (χ2v) is 4.81. The van der Waals surface area contributed by atoms with Crippen molar-refractivity contribution in [3.8, 4) is 0 Å². The van der Waals surface area contributed by atoms with E-state index >= 15 is 0 Å². The second-order valence-electron chi connectivity index (χ2n) is 4.81. The Morgan fingerprint density at radius 2 is 2.17 bits per heavy atom. The van der Waals surface area contributed by atoms with Crippen molar-refractivity contribution in [3.63, 3.8) is 0 Å². The van der Waals surface area contributed by atoms with Gasteiger partial charge in [0, 0.05) is 24.8 Å². The minimum Gasteiger partial charge on any atom is -0.399 e. The fourth-order valence-electron chi connectivity index (χ4n) is 2.35. The lowest BCUT2D eigenvalue weighted by molar-refractivity contribution is -0.0277. The topological polar surface area (TPSA) is 58.7 Å².